The number of hydrogen-bond donors (Lipinski definition) is 1. The maximum atomic E-state index is 11.8. The first kappa shape index (κ1) is 18.5. The minimum Gasteiger partial charge on any atom is -0.489 e. The van der Waals surface area contributed by atoms with Crippen molar-refractivity contribution in [2.24, 2.45) is 0 Å². The molecule has 1 amide bonds. The van der Waals surface area contributed by atoms with E-state index in [0.717, 1.165) is 22.4 Å². The van der Waals surface area contributed by atoms with Gasteiger partial charge in [-0.1, -0.05) is 60.4 Å². The Morgan fingerprint density at radius 1 is 1.04 bits per heavy atom. The molecular formula is C20H19NO3S2. The molecule has 3 rings (SSSR count). The van der Waals surface area contributed by atoms with Crippen molar-refractivity contribution in [3.05, 3.63) is 64.1 Å². The number of rotatable bonds is 6. The third kappa shape index (κ3) is 4.45. The summed E-state index contributed by atoms with van der Waals surface area (Å²) in [5, 5.41) is 2.61. The Labute approximate surface area is 162 Å². The summed E-state index contributed by atoms with van der Waals surface area (Å²) in [6.45, 7) is 4.90. The van der Waals surface area contributed by atoms with E-state index in [4.69, 9.17) is 21.7 Å². The first-order chi connectivity index (χ1) is 12.5. The van der Waals surface area contributed by atoms with Crippen LogP contribution in [-0.2, 0) is 4.79 Å². The van der Waals surface area contributed by atoms with E-state index in [9.17, 15) is 4.79 Å². The van der Waals surface area contributed by atoms with Gasteiger partial charge in [-0.2, -0.15) is 0 Å². The molecule has 2 aromatic carbocycles. The third-order valence-corrected chi connectivity index (χ3v) is 5.01. The summed E-state index contributed by atoms with van der Waals surface area (Å²) in [7, 11) is 0. The second kappa shape index (κ2) is 8.38. The van der Waals surface area contributed by atoms with E-state index < -0.39 is 0 Å². The van der Waals surface area contributed by atoms with Crippen LogP contribution in [0.15, 0.2) is 47.4 Å². The van der Waals surface area contributed by atoms with Crippen LogP contribution in [0.4, 0.5) is 0 Å². The molecule has 0 spiro atoms. The smallest absolute Gasteiger partial charge is 0.263 e. The molecule has 0 aromatic heterocycles. The van der Waals surface area contributed by atoms with E-state index in [0.29, 0.717) is 28.2 Å². The normalized spacial score (nSPS) is 15.2. The van der Waals surface area contributed by atoms with Crippen molar-refractivity contribution in [1.82, 2.24) is 5.32 Å². The second-order valence-electron chi connectivity index (χ2n) is 5.81. The van der Waals surface area contributed by atoms with E-state index >= 15 is 0 Å². The fraction of sp³-hybridized carbons (Fsp3) is 0.200. The van der Waals surface area contributed by atoms with Gasteiger partial charge >= 0.3 is 0 Å². The fourth-order valence-electron chi connectivity index (χ4n) is 2.62. The summed E-state index contributed by atoms with van der Waals surface area (Å²) in [6.07, 6.45) is 1.79. The molecule has 1 aliphatic rings. The highest BCUT2D eigenvalue weighted by Crippen LogP contribution is 2.29. The Kier molecular flexibility index (Phi) is 5.96. The average molecular weight is 386 g/mol. The molecular weight excluding hydrogens is 366 g/mol. The number of aryl methyl sites for hydroxylation is 2. The standard InChI is InChI=1S/C20H19NO3S2/c1-13-6-5-7-14(2)18(13)24-11-10-23-16-9-4-3-8-15(16)12-17-19(22)21-20(25)26-17/h3-9,12H,10-11H2,1-2H3,(H,21,22,25). The molecule has 26 heavy (non-hydrogen) atoms. The highest BCUT2D eigenvalue weighted by Gasteiger charge is 2.22. The number of thioether (sulfide) groups is 1. The number of amides is 1. The monoisotopic (exact) mass is 385 g/mol. The Morgan fingerprint density at radius 2 is 1.73 bits per heavy atom. The van der Waals surface area contributed by atoms with E-state index in [1.807, 2.05) is 56.3 Å². The third-order valence-electron chi connectivity index (χ3n) is 3.84. The second-order valence-corrected chi connectivity index (χ2v) is 7.53. The van der Waals surface area contributed by atoms with Gasteiger partial charge < -0.3 is 14.8 Å². The molecule has 0 aliphatic carbocycles. The molecule has 0 bridgehead atoms. The average Bonchev–Trinajstić information content (AvgIpc) is 2.92. The Morgan fingerprint density at radius 3 is 2.42 bits per heavy atom. The van der Waals surface area contributed by atoms with Crippen molar-refractivity contribution in [3.63, 3.8) is 0 Å². The van der Waals surface area contributed by atoms with Gasteiger partial charge in [0.05, 0.1) is 4.91 Å². The van der Waals surface area contributed by atoms with Crippen molar-refractivity contribution >= 4 is 40.3 Å². The molecule has 1 saturated heterocycles. The predicted molar refractivity (Wildman–Crippen MR) is 110 cm³/mol. The van der Waals surface area contributed by atoms with Gasteiger partial charge in [-0.25, -0.2) is 0 Å². The largest absolute Gasteiger partial charge is 0.489 e. The minimum absolute atomic E-state index is 0.173. The van der Waals surface area contributed by atoms with Crippen LogP contribution in [0.2, 0.25) is 0 Å². The van der Waals surface area contributed by atoms with E-state index in [2.05, 4.69) is 5.32 Å². The molecule has 6 heteroatoms. The zero-order valence-corrected chi connectivity index (χ0v) is 16.2. The van der Waals surface area contributed by atoms with Crippen molar-refractivity contribution in [2.45, 2.75) is 13.8 Å². The molecule has 1 aliphatic heterocycles. The van der Waals surface area contributed by atoms with Crippen LogP contribution in [0, 0.1) is 13.8 Å². The number of nitrogens with one attached hydrogen (secondary N) is 1. The SMILES string of the molecule is Cc1cccc(C)c1OCCOc1ccccc1C=C1SC(=S)NC1=O. The summed E-state index contributed by atoms with van der Waals surface area (Å²) < 4.78 is 12.2. The van der Waals surface area contributed by atoms with Gasteiger partial charge in [0, 0.05) is 5.56 Å². The van der Waals surface area contributed by atoms with Crippen LogP contribution in [0.5, 0.6) is 11.5 Å². The predicted octanol–water partition coefficient (Wildman–Crippen LogP) is 4.25. The van der Waals surface area contributed by atoms with Crippen LogP contribution in [0.1, 0.15) is 16.7 Å². The summed E-state index contributed by atoms with van der Waals surface area (Å²) in [5.74, 6) is 1.43. The Hall–Kier alpha value is -2.31. The maximum absolute atomic E-state index is 11.8. The number of thiocarbonyl (C=S) groups is 1. The molecule has 0 saturated carbocycles. The molecule has 1 fully saturated rings. The Balaban J connectivity index is 1.63. The van der Waals surface area contributed by atoms with E-state index in [-0.39, 0.29) is 5.91 Å². The van der Waals surface area contributed by atoms with Gasteiger partial charge in [0.25, 0.3) is 5.91 Å². The molecule has 1 heterocycles. The molecule has 1 N–H and O–H groups in total. The fourth-order valence-corrected chi connectivity index (χ4v) is 3.65. The number of para-hydroxylation sites is 2. The van der Waals surface area contributed by atoms with E-state index in [1.165, 1.54) is 11.8 Å². The first-order valence-corrected chi connectivity index (χ1v) is 9.43. The first-order valence-electron chi connectivity index (χ1n) is 8.20. The van der Waals surface area contributed by atoms with E-state index in [1.54, 1.807) is 6.08 Å². The number of hydrogen-bond acceptors (Lipinski definition) is 5. The quantitative estimate of drug-likeness (QED) is 0.458. The van der Waals surface area contributed by atoms with Gasteiger partial charge in [0.1, 0.15) is 29.0 Å². The topological polar surface area (TPSA) is 47.6 Å². The van der Waals surface area contributed by atoms with Crippen molar-refractivity contribution < 1.29 is 14.3 Å². The van der Waals surface area contributed by atoms with Crippen LogP contribution in [-0.4, -0.2) is 23.4 Å². The van der Waals surface area contributed by atoms with Gasteiger partial charge in [0.2, 0.25) is 0 Å². The summed E-state index contributed by atoms with van der Waals surface area (Å²) in [4.78, 5) is 12.4. The number of carbonyl (C=O) groups excluding carboxylic acids is 1. The lowest BCUT2D eigenvalue weighted by atomic mass is 10.1. The number of carbonyl (C=O) groups is 1. The van der Waals surface area contributed by atoms with Gasteiger partial charge in [-0.3, -0.25) is 4.79 Å². The summed E-state index contributed by atoms with van der Waals surface area (Å²) in [5.41, 5.74) is 3.05. The Bertz CT molecular complexity index is 857. The molecule has 0 atom stereocenters. The lowest BCUT2D eigenvalue weighted by Crippen LogP contribution is -2.17. The van der Waals surface area contributed by atoms with Crippen LogP contribution >= 0.6 is 24.0 Å². The van der Waals surface area contributed by atoms with Crippen LogP contribution < -0.4 is 14.8 Å². The summed E-state index contributed by atoms with van der Waals surface area (Å²) in [6, 6.07) is 13.7. The lowest BCUT2D eigenvalue weighted by molar-refractivity contribution is -0.115. The van der Waals surface area contributed by atoms with Gasteiger partial charge in [-0.15, -0.1) is 0 Å². The molecule has 0 unspecified atom stereocenters. The van der Waals surface area contributed by atoms with Gasteiger partial charge in [0.15, 0.2) is 0 Å². The maximum Gasteiger partial charge on any atom is 0.263 e. The van der Waals surface area contributed by atoms with Crippen molar-refractivity contribution in [1.29, 1.82) is 0 Å². The van der Waals surface area contributed by atoms with Crippen molar-refractivity contribution in [2.75, 3.05) is 13.2 Å². The zero-order valence-electron chi connectivity index (χ0n) is 14.6. The zero-order chi connectivity index (χ0) is 18.5. The molecule has 0 radical (unpaired) electrons. The molecule has 134 valence electrons. The van der Waals surface area contributed by atoms with Gasteiger partial charge in [-0.05, 0) is 37.1 Å². The molecule has 2 aromatic rings. The number of benzene rings is 2. The van der Waals surface area contributed by atoms with Crippen LogP contribution in [0.25, 0.3) is 6.08 Å². The lowest BCUT2D eigenvalue weighted by Gasteiger charge is -2.13. The highest BCUT2D eigenvalue weighted by molar-refractivity contribution is 8.26. The minimum atomic E-state index is -0.173. The van der Waals surface area contributed by atoms with Crippen LogP contribution in [0.3, 0.4) is 0 Å². The highest BCUT2D eigenvalue weighted by atomic mass is 32.2. The number of ether oxygens (including phenoxy) is 2. The van der Waals surface area contributed by atoms with Crippen molar-refractivity contribution in [3.8, 4) is 11.5 Å². The summed E-state index contributed by atoms with van der Waals surface area (Å²) >= 11 is 6.28. The molecule has 4 nitrogen and oxygen atoms in total.